The van der Waals surface area contributed by atoms with Gasteiger partial charge in [-0.1, -0.05) is 13.0 Å². The number of carbonyl (C=O) groups excluding carboxylic acids is 3. The quantitative estimate of drug-likeness (QED) is 0.588. The van der Waals surface area contributed by atoms with Crippen LogP contribution in [0.1, 0.15) is 63.5 Å². The Bertz CT molecular complexity index is 813. The zero-order valence-corrected chi connectivity index (χ0v) is 16.1. The number of ketones is 1. The fourth-order valence-electron chi connectivity index (χ4n) is 5.86. The van der Waals surface area contributed by atoms with E-state index in [4.69, 9.17) is 9.47 Å². The third-order valence-electron chi connectivity index (χ3n) is 6.98. The van der Waals surface area contributed by atoms with E-state index in [-0.39, 0.29) is 29.1 Å². The zero-order valence-electron chi connectivity index (χ0n) is 16.1. The van der Waals surface area contributed by atoms with Crippen LogP contribution >= 0.6 is 0 Å². The summed E-state index contributed by atoms with van der Waals surface area (Å²) in [6, 6.07) is 5.95. The summed E-state index contributed by atoms with van der Waals surface area (Å²) >= 11 is 0. The minimum Gasteiger partial charge on any atom is -0.455 e. The van der Waals surface area contributed by atoms with Crippen LogP contribution in [0, 0.1) is 17.3 Å². The molecule has 0 heterocycles. The van der Waals surface area contributed by atoms with Crippen molar-refractivity contribution in [2.75, 3.05) is 0 Å². The van der Waals surface area contributed by atoms with Crippen LogP contribution in [0.3, 0.4) is 0 Å². The Labute approximate surface area is 159 Å². The Hall–Kier alpha value is -2.17. The van der Waals surface area contributed by atoms with Crippen LogP contribution in [0.25, 0.3) is 0 Å². The fraction of sp³-hybridized carbons (Fsp3) is 0.591. The first-order chi connectivity index (χ1) is 12.8. The predicted molar refractivity (Wildman–Crippen MR) is 98.3 cm³/mol. The minimum absolute atomic E-state index is 0.108. The van der Waals surface area contributed by atoms with Crippen molar-refractivity contribution in [2.45, 2.75) is 64.9 Å². The Morgan fingerprint density at radius 2 is 1.93 bits per heavy atom. The lowest BCUT2D eigenvalue weighted by Gasteiger charge is -2.48. The molecule has 0 aromatic heterocycles. The summed E-state index contributed by atoms with van der Waals surface area (Å²) in [6.07, 6.45) is 3.81. The maximum absolute atomic E-state index is 12.9. The zero-order chi connectivity index (χ0) is 19.3. The fourth-order valence-corrected chi connectivity index (χ4v) is 5.86. The molecule has 0 spiro atoms. The highest BCUT2D eigenvalue weighted by Gasteiger charge is 2.59. The maximum Gasteiger partial charge on any atom is 0.308 e. The second-order valence-electron chi connectivity index (χ2n) is 8.52. The van der Waals surface area contributed by atoms with Crippen LogP contribution in [0.5, 0.6) is 5.75 Å². The highest BCUT2D eigenvalue weighted by molar-refractivity contribution is 5.93. The molecular formula is C22H26O5. The molecule has 4 rings (SSSR count). The van der Waals surface area contributed by atoms with E-state index in [1.807, 2.05) is 12.1 Å². The first-order valence-electron chi connectivity index (χ1n) is 9.82. The number of rotatable bonds is 2. The molecule has 1 aromatic carbocycles. The van der Waals surface area contributed by atoms with Crippen molar-refractivity contribution in [1.29, 1.82) is 0 Å². The molecule has 2 saturated carbocycles. The Morgan fingerprint density at radius 3 is 2.63 bits per heavy atom. The number of hydrogen-bond donors (Lipinski definition) is 0. The number of fused-ring (bicyclic) bond motifs is 5. The molecule has 2 fully saturated rings. The van der Waals surface area contributed by atoms with Crippen molar-refractivity contribution in [2.24, 2.45) is 17.3 Å². The summed E-state index contributed by atoms with van der Waals surface area (Å²) < 4.78 is 10.6. The lowest BCUT2D eigenvalue weighted by molar-refractivity contribution is -0.153. The van der Waals surface area contributed by atoms with Gasteiger partial charge < -0.3 is 9.47 Å². The van der Waals surface area contributed by atoms with Gasteiger partial charge >= 0.3 is 11.9 Å². The molecule has 1 aromatic rings. The summed E-state index contributed by atoms with van der Waals surface area (Å²) in [5, 5.41) is 0. The van der Waals surface area contributed by atoms with Gasteiger partial charge in [0, 0.05) is 19.3 Å². The summed E-state index contributed by atoms with van der Waals surface area (Å²) in [5.41, 5.74) is 2.20. The third kappa shape index (κ3) is 2.97. The second-order valence-corrected chi connectivity index (χ2v) is 8.52. The first kappa shape index (κ1) is 18.2. The van der Waals surface area contributed by atoms with Crippen molar-refractivity contribution < 1.29 is 23.9 Å². The van der Waals surface area contributed by atoms with Gasteiger partial charge in [0.15, 0.2) is 11.9 Å². The number of carbonyl (C=O) groups is 3. The minimum atomic E-state index is -0.580. The molecule has 5 heteroatoms. The van der Waals surface area contributed by atoms with E-state index in [2.05, 4.69) is 13.0 Å². The van der Waals surface area contributed by atoms with Crippen molar-refractivity contribution in [3.05, 3.63) is 29.3 Å². The number of esters is 2. The van der Waals surface area contributed by atoms with Crippen molar-refractivity contribution in [1.82, 2.24) is 0 Å². The standard InChI is InChI=1S/C22H26O5/c1-12(23)26-15-5-7-16-14(10-15)4-6-18-17(16)8-9-22(3)19(18)11-20(21(22)25)27-13(2)24/h5,7,10,17-20H,4,6,8-9,11H2,1-3H3/t17-,18-,19+,20-,22+/m1/s1. The van der Waals surface area contributed by atoms with Crippen molar-refractivity contribution in [3.8, 4) is 5.75 Å². The topological polar surface area (TPSA) is 69.7 Å². The summed E-state index contributed by atoms with van der Waals surface area (Å²) in [7, 11) is 0. The van der Waals surface area contributed by atoms with Crippen LogP contribution in [0.15, 0.2) is 18.2 Å². The Kier molecular flexibility index (Phi) is 4.36. The number of ether oxygens (including phenoxy) is 2. The van der Waals surface area contributed by atoms with Gasteiger partial charge in [-0.25, -0.2) is 0 Å². The number of Topliss-reactive ketones (excluding diaryl/α,β-unsaturated/α-hetero) is 1. The molecule has 0 radical (unpaired) electrons. The summed E-state index contributed by atoms with van der Waals surface area (Å²) in [4.78, 5) is 35.6. The molecule has 0 N–H and O–H groups in total. The van der Waals surface area contributed by atoms with Gasteiger partial charge in [-0.3, -0.25) is 14.4 Å². The molecule has 144 valence electrons. The number of hydrogen-bond acceptors (Lipinski definition) is 5. The van der Waals surface area contributed by atoms with Gasteiger partial charge in [-0.2, -0.15) is 0 Å². The largest absolute Gasteiger partial charge is 0.455 e. The summed E-state index contributed by atoms with van der Waals surface area (Å²) in [5.74, 6) is 1.14. The summed E-state index contributed by atoms with van der Waals surface area (Å²) in [6.45, 7) is 4.85. The van der Waals surface area contributed by atoms with E-state index in [0.29, 0.717) is 24.0 Å². The molecule has 3 aliphatic rings. The van der Waals surface area contributed by atoms with Crippen molar-refractivity contribution in [3.63, 3.8) is 0 Å². The maximum atomic E-state index is 12.9. The van der Waals surface area contributed by atoms with E-state index < -0.39 is 6.10 Å². The lowest BCUT2D eigenvalue weighted by atomic mass is 9.55. The van der Waals surface area contributed by atoms with Gasteiger partial charge in [0.05, 0.1) is 0 Å². The molecule has 0 bridgehead atoms. The van der Waals surface area contributed by atoms with Crippen LogP contribution < -0.4 is 4.74 Å². The molecule has 27 heavy (non-hydrogen) atoms. The molecular weight excluding hydrogens is 344 g/mol. The van der Waals surface area contributed by atoms with Gasteiger partial charge in [0.2, 0.25) is 0 Å². The highest BCUT2D eigenvalue weighted by atomic mass is 16.5. The molecule has 5 atom stereocenters. The Balaban J connectivity index is 1.61. The van der Waals surface area contributed by atoms with E-state index in [1.165, 1.54) is 25.0 Å². The molecule has 0 saturated heterocycles. The predicted octanol–water partition coefficient (Wildman–Crippen LogP) is 3.58. The van der Waals surface area contributed by atoms with E-state index in [0.717, 1.165) is 25.7 Å². The van der Waals surface area contributed by atoms with E-state index in [1.54, 1.807) is 0 Å². The second kappa shape index (κ2) is 6.47. The molecule has 5 nitrogen and oxygen atoms in total. The molecule has 0 amide bonds. The normalized spacial score (nSPS) is 34.3. The van der Waals surface area contributed by atoms with Gasteiger partial charge in [0.25, 0.3) is 0 Å². The van der Waals surface area contributed by atoms with Crippen LogP contribution in [0.4, 0.5) is 0 Å². The average molecular weight is 370 g/mol. The van der Waals surface area contributed by atoms with Crippen molar-refractivity contribution >= 4 is 17.7 Å². The van der Waals surface area contributed by atoms with Gasteiger partial charge in [-0.05, 0) is 73.1 Å². The third-order valence-corrected chi connectivity index (χ3v) is 6.98. The van der Waals surface area contributed by atoms with Crippen LogP contribution in [0.2, 0.25) is 0 Å². The average Bonchev–Trinajstić information content (AvgIpc) is 2.85. The highest BCUT2D eigenvalue weighted by Crippen LogP contribution is 2.60. The van der Waals surface area contributed by atoms with E-state index >= 15 is 0 Å². The molecule has 0 unspecified atom stereocenters. The monoisotopic (exact) mass is 370 g/mol. The molecule has 0 aliphatic heterocycles. The number of aryl methyl sites for hydroxylation is 1. The molecule has 3 aliphatic carbocycles. The first-order valence-corrected chi connectivity index (χ1v) is 9.82. The van der Waals surface area contributed by atoms with Crippen LogP contribution in [-0.4, -0.2) is 23.8 Å². The SMILES string of the molecule is CC(=O)Oc1ccc2c(c1)CC[C@@H]1[C@@H]2CC[C@]2(C)C(=O)[C@H](OC(C)=O)C[C@@H]12. The number of benzene rings is 1. The smallest absolute Gasteiger partial charge is 0.308 e. The van der Waals surface area contributed by atoms with E-state index in [9.17, 15) is 14.4 Å². The Morgan fingerprint density at radius 1 is 1.15 bits per heavy atom. The lowest BCUT2D eigenvalue weighted by Crippen LogP contribution is -2.43. The van der Waals surface area contributed by atoms with Crippen LogP contribution in [-0.2, 0) is 25.5 Å². The van der Waals surface area contributed by atoms with Gasteiger partial charge in [0.1, 0.15) is 5.75 Å². The van der Waals surface area contributed by atoms with Gasteiger partial charge in [-0.15, -0.1) is 0 Å².